The van der Waals surface area contributed by atoms with Crippen molar-refractivity contribution < 1.29 is 13.2 Å². The first-order valence-electron chi connectivity index (χ1n) is 7.92. The average Bonchev–Trinajstić information content (AvgIpc) is 3.30. The van der Waals surface area contributed by atoms with Crippen molar-refractivity contribution in [2.24, 2.45) is 0 Å². The monoisotopic (exact) mass is 367 g/mol. The molecule has 7 heteroatoms. The standard InChI is InChI=1S/C19H14FN3O2S/c1-12-4-2-3-5-16(12)18-22-23-19(25-18)26-11-15-10-24-17(21-15)13-6-8-14(20)9-7-13/h2-10H,11H2,1H3. The van der Waals surface area contributed by atoms with Gasteiger partial charge in [0.2, 0.25) is 11.8 Å². The van der Waals surface area contributed by atoms with E-state index in [0.717, 1.165) is 22.4 Å². The van der Waals surface area contributed by atoms with Gasteiger partial charge >= 0.3 is 0 Å². The summed E-state index contributed by atoms with van der Waals surface area (Å²) in [4.78, 5) is 4.40. The summed E-state index contributed by atoms with van der Waals surface area (Å²) in [5, 5.41) is 8.64. The zero-order valence-electron chi connectivity index (χ0n) is 13.8. The molecule has 26 heavy (non-hydrogen) atoms. The van der Waals surface area contributed by atoms with E-state index in [1.54, 1.807) is 18.4 Å². The Balaban J connectivity index is 1.44. The van der Waals surface area contributed by atoms with Crippen LogP contribution in [0, 0.1) is 12.7 Å². The van der Waals surface area contributed by atoms with Crippen LogP contribution >= 0.6 is 11.8 Å². The molecule has 2 aromatic heterocycles. The molecule has 0 saturated heterocycles. The van der Waals surface area contributed by atoms with Crippen molar-refractivity contribution in [2.45, 2.75) is 17.9 Å². The highest BCUT2D eigenvalue weighted by molar-refractivity contribution is 7.98. The molecule has 4 rings (SSSR count). The molecule has 2 aromatic carbocycles. The number of oxazole rings is 1. The van der Waals surface area contributed by atoms with Crippen molar-refractivity contribution in [3.8, 4) is 22.9 Å². The minimum absolute atomic E-state index is 0.295. The maximum Gasteiger partial charge on any atom is 0.277 e. The summed E-state index contributed by atoms with van der Waals surface area (Å²) in [6.45, 7) is 2.00. The molecule has 0 amide bonds. The summed E-state index contributed by atoms with van der Waals surface area (Å²) >= 11 is 1.38. The number of hydrogen-bond acceptors (Lipinski definition) is 6. The van der Waals surface area contributed by atoms with Gasteiger partial charge in [-0.05, 0) is 42.8 Å². The second-order valence-electron chi connectivity index (χ2n) is 5.63. The van der Waals surface area contributed by atoms with Gasteiger partial charge in [-0.25, -0.2) is 9.37 Å². The number of aromatic nitrogens is 3. The summed E-state index contributed by atoms with van der Waals surface area (Å²) < 4.78 is 24.2. The maximum absolute atomic E-state index is 13.0. The summed E-state index contributed by atoms with van der Waals surface area (Å²) in [6, 6.07) is 13.9. The Hall–Kier alpha value is -2.93. The number of aryl methyl sites for hydroxylation is 1. The maximum atomic E-state index is 13.0. The van der Waals surface area contributed by atoms with Gasteiger partial charge in [-0.15, -0.1) is 10.2 Å². The van der Waals surface area contributed by atoms with Gasteiger partial charge in [-0.2, -0.15) is 0 Å². The minimum Gasteiger partial charge on any atom is -0.444 e. The van der Waals surface area contributed by atoms with Crippen molar-refractivity contribution in [1.82, 2.24) is 15.2 Å². The largest absolute Gasteiger partial charge is 0.444 e. The lowest BCUT2D eigenvalue weighted by atomic mass is 10.1. The summed E-state index contributed by atoms with van der Waals surface area (Å²) in [6.07, 6.45) is 1.57. The smallest absolute Gasteiger partial charge is 0.277 e. The van der Waals surface area contributed by atoms with E-state index in [1.165, 1.54) is 23.9 Å². The molecule has 0 aliphatic carbocycles. The first kappa shape index (κ1) is 16.5. The molecule has 5 nitrogen and oxygen atoms in total. The van der Waals surface area contributed by atoms with E-state index in [-0.39, 0.29) is 5.82 Å². The van der Waals surface area contributed by atoms with Crippen LogP contribution < -0.4 is 0 Å². The number of thioether (sulfide) groups is 1. The molecule has 0 spiro atoms. The van der Waals surface area contributed by atoms with Crippen LogP contribution in [0.5, 0.6) is 0 Å². The quantitative estimate of drug-likeness (QED) is 0.456. The van der Waals surface area contributed by atoms with Gasteiger partial charge < -0.3 is 8.83 Å². The van der Waals surface area contributed by atoms with Gasteiger partial charge in [0.25, 0.3) is 5.22 Å². The SMILES string of the molecule is Cc1ccccc1-c1nnc(SCc2coc(-c3ccc(F)cc3)n2)o1. The second kappa shape index (κ2) is 7.13. The summed E-state index contributed by atoms with van der Waals surface area (Å²) in [5.74, 6) is 1.18. The van der Waals surface area contributed by atoms with E-state index in [2.05, 4.69) is 15.2 Å². The third kappa shape index (κ3) is 3.52. The molecular formula is C19H14FN3O2S. The Kier molecular flexibility index (Phi) is 4.53. The van der Waals surface area contributed by atoms with E-state index >= 15 is 0 Å². The zero-order chi connectivity index (χ0) is 17.9. The molecule has 0 fully saturated rings. The number of hydrogen-bond donors (Lipinski definition) is 0. The van der Waals surface area contributed by atoms with E-state index in [0.29, 0.717) is 22.8 Å². The van der Waals surface area contributed by atoms with Crippen LogP contribution in [0.15, 0.2) is 68.9 Å². The molecule has 130 valence electrons. The molecule has 2 heterocycles. The number of halogens is 1. The molecule has 0 radical (unpaired) electrons. The average molecular weight is 367 g/mol. The zero-order valence-corrected chi connectivity index (χ0v) is 14.7. The van der Waals surface area contributed by atoms with Crippen molar-refractivity contribution >= 4 is 11.8 Å². The van der Waals surface area contributed by atoms with E-state index < -0.39 is 0 Å². The molecule has 0 saturated carbocycles. The Morgan fingerprint density at radius 3 is 2.62 bits per heavy atom. The lowest BCUT2D eigenvalue weighted by Crippen LogP contribution is -1.83. The van der Waals surface area contributed by atoms with Gasteiger partial charge in [-0.3, -0.25) is 0 Å². The first-order valence-corrected chi connectivity index (χ1v) is 8.90. The molecule has 0 aliphatic heterocycles. The van der Waals surface area contributed by atoms with Crippen LogP contribution in [0.4, 0.5) is 4.39 Å². The van der Waals surface area contributed by atoms with Crippen LogP contribution in [-0.4, -0.2) is 15.2 Å². The van der Waals surface area contributed by atoms with Crippen LogP contribution in [0.25, 0.3) is 22.9 Å². The topological polar surface area (TPSA) is 65.0 Å². The lowest BCUT2D eigenvalue weighted by Gasteiger charge is -1.98. The van der Waals surface area contributed by atoms with Gasteiger partial charge in [-0.1, -0.05) is 30.0 Å². The van der Waals surface area contributed by atoms with Crippen molar-refractivity contribution in [1.29, 1.82) is 0 Å². The van der Waals surface area contributed by atoms with E-state index in [9.17, 15) is 4.39 Å². The Labute approximate surface area is 153 Å². The molecule has 0 N–H and O–H groups in total. The molecule has 0 aliphatic rings. The second-order valence-corrected chi connectivity index (χ2v) is 6.55. The molecule has 0 atom stereocenters. The fourth-order valence-electron chi connectivity index (χ4n) is 2.42. The van der Waals surface area contributed by atoms with Crippen molar-refractivity contribution in [3.63, 3.8) is 0 Å². The van der Waals surface area contributed by atoms with Crippen LogP contribution in [-0.2, 0) is 5.75 Å². The Morgan fingerprint density at radius 2 is 1.81 bits per heavy atom. The number of benzene rings is 2. The van der Waals surface area contributed by atoms with Crippen LogP contribution in [0.1, 0.15) is 11.3 Å². The summed E-state index contributed by atoms with van der Waals surface area (Å²) in [7, 11) is 0. The van der Waals surface area contributed by atoms with Crippen molar-refractivity contribution in [3.05, 3.63) is 71.9 Å². The fourth-order valence-corrected chi connectivity index (χ4v) is 3.06. The van der Waals surface area contributed by atoms with Gasteiger partial charge in [0, 0.05) is 16.9 Å². The van der Waals surface area contributed by atoms with Gasteiger partial charge in [0.1, 0.15) is 12.1 Å². The molecular weight excluding hydrogens is 353 g/mol. The third-order valence-electron chi connectivity index (χ3n) is 3.77. The Bertz CT molecular complexity index is 1030. The van der Waals surface area contributed by atoms with Crippen LogP contribution in [0.2, 0.25) is 0 Å². The molecule has 0 bridgehead atoms. The normalized spacial score (nSPS) is 11.0. The highest BCUT2D eigenvalue weighted by Crippen LogP contribution is 2.28. The predicted molar refractivity (Wildman–Crippen MR) is 95.9 cm³/mol. The first-order chi connectivity index (χ1) is 12.7. The fraction of sp³-hybridized carbons (Fsp3) is 0.105. The molecule has 4 aromatic rings. The highest BCUT2D eigenvalue weighted by atomic mass is 32.2. The van der Waals surface area contributed by atoms with Gasteiger partial charge in [0.05, 0.1) is 5.69 Å². The highest BCUT2D eigenvalue weighted by Gasteiger charge is 2.13. The van der Waals surface area contributed by atoms with E-state index in [1.807, 2.05) is 31.2 Å². The predicted octanol–water partition coefficient (Wildman–Crippen LogP) is 5.13. The molecule has 0 unspecified atom stereocenters. The number of nitrogens with zero attached hydrogens (tertiary/aromatic N) is 3. The summed E-state index contributed by atoms with van der Waals surface area (Å²) in [5.41, 5.74) is 3.47. The van der Waals surface area contributed by atoms with Crippen molar-refractivity contribution in [2.75, 3.05) is 0 Å². The van der Waals surface area contributed by atoms with Gasteiger partial charge in [0.15, 0.2) is 0 Å². The van der Waals surface area contributed by atoms with Crippen LogP contribution in [0.3, 0.4) is 0 Å². The Morgan fingerprint density at radius 1 is 1.00 bits per heavy atom. The third-order valence-corrected chi connectivity index (χ3v) is 4.62. The lowest BCUT2D eigenvalue weighted by molar-refractivity contribution is 0.465. The minimum atomic E-state index is -0.295. The number of rotatable bonds is 5. The van der Waals surface area contributed by atoms with E-state index in [4.69, 9.17) is 8.83 Å².